The number of fused-ring (bicyclic) bond motifs is 1. The number of hydrogen-bond donors (Lipinski definition) is 1. The third-order valence-electron chi connectivity index (χ3n) is 5.12. The lowest BCUT2D eigenvalue weighted by Gasteiger charge is -2.34. The topological polar surface area (TPSA) is 61.9 Å². The predicted octanol–water partition coefficient (Wildman–Crippen LogP) is 2.78. The molecular formula is C23H29N3O3. The molecule has 1 unspecified atom stereocenters. The maximum absolute atomic E-state index is 13.1. The molecule has 154 valence electrons. The highest BCUT2D eigenvalue weighted by Crippen LogP contribution is 2.33. The minimum Gasteiger partial charge on any atom is -0.477 e. The van der Waals surface area contributed by atoms with E-state index in [2.05, 4.69) is 43.4 Å². The summed E-state index contributed by atoms with van der Waals surface area (Å²) in [6, 6.07) is 15.8. The van der Waals surface area contributed by atoms with Crippen LogP contribution >= 0.6 is 0 Å². The second-order valence-electron chi connectivity index (χ2n) is 7.76. The van der Waals surface area contributed by atoms with Crippen LogP contribution in [0.5, 0.6) is 5.75 Å². The van der Waals surface area contributed by atoms with Gasteiger partial charge in [0.25, 0.3) is 5.91 Å². The van der Waals surface area contributed by atoms with Crippen molar-refractivity contribution >= 4 is 17.5 Å². The highest BCUT2D eigenvalue weighted by molar-refractivity contribution is 5.98. The Kier molecular flexibility index (Phi) is 6.54. The maximum Gasteiger partial charge on any atom is 0.262 e. The van der Waals surface area contributed by atoms with Gasteiger partial charge in [0.15, 0.2) is 6.10 Å². The number of amides is 2. The first-order valence-electron chi connectivity index (χ1n) is 9.94. The molecule has 0 saturated carbocycles. The smallest absolute Gasteiger partial charge is 0.262 e. The van der Waals surface area contributed by atoms with Crippen LogP contribution in [0.1, 0.15) is 30.9 Å². The van der Waals surface area contributed by atoms with Gasteiger partial charge in [-0.05, 0) is 36.2 Å². The summed E-state index contributed by atoms with van der Waals surface area (Å²) in [6.45, 7) is 5.47. The lowest BCUT2D eigenvalue weighted by molar-refractivity contribution is -0.128. The van der Waals surface area contributed by atoms with Crippen LogP contribution in [-0.2, 0) is 16.1 Å². The van der Waals surface area contributed by atoms with E-state index < -0.39 is 6.10 Å². The van der Waals surface area contributed by atoms with Gasteiger partial charge in [-0.3, -0.25) is 14.5 Å². The first kappa shape index (κ1) is 20.9. The predicted molar refractivity (Wildman–Crippen MR) is 114 cm³/mol. The molecule has 0 aromatic heterocycles. The van der Waals surface area contributed by atoms with Crippen LogP contribution < -0.4 is 15.0 Å². The van der Waals surface area contributed by atoms with Crippen molar-refractivity contribution in [3.8, 4) is 5.75 Å². The molecule has 1 atom stereocenters. The average Bonchev–Trinajstić information content (AvgIpc) is 2.72. The second-order valence-corrected chi connectivity index (χ2v) is 7.76. The van der Waals surface area contributed by atoms with E-state index in [4.69, 9.17) is 4.74 Å². The third-order valence-corrected chi connectivity index (χ3v) is 5.12. The molecule has 1 aliphatic rings. The number of likely N-dealkylation sites (N-methyl/N-ethyl adjacent to an activating group) is 2. The van der Waals surface area contributed by atoms with Crippen LogP contribution in [0.4, 0.5) is 5.69 Å². The standard InChI is InChI=1S/C23H29N3O3/c1-16(2)18-11-9-17(10-12-18)13-25(4)15-22(27)26-14-21(23(28)24-3)29-20-8-6-5-7-19(20)26/h5-12,16,21H,13-15H2,1-4H3,(H,24,28). The molecule has 6 nitrogen and oxygen atoms in total. The summed E-state index contributed by atoms with van der Waals surface area (Å²) in [5.74, 6) is 0.748. The number of anilines is 1. The summed E-state index contributed by atoms with van der Waals surface area (Å²) < 4.78 is 5.78. The van der Waals surface area contributed by atoms with Gasteiger partial charge in [-0.1, -0.05) is 50.2 Å². The van der Waals surface area contributed by atoms with Crippen molar-refractivity contribution in [1.29, 1.82) is 0 Å². The molecule has 0 radical (unpaired) electrons. The van der Waals surface area contributed by atoms with Gasteiger partial charge < -0.3 is 15.0 Å². The van der Waals surface area contributed by atoms with Gasteiger partial charge in [-0.15, -0.1) is 0 Å². The third kappa shape index (κ3) is 4.95. The van der Waals surface area contributed by atoms with E-state index in [0.717, 1.165) is 5.56 Å². The lowest BCUT2D eigenvalue weighted by Crippen LogP contribution is -2.51. The Morgan fingerprint density at radius 1 is 1.17 bits per heavy atom. The number of carbonyl (C=O) groups excluding carboxylic acids is 2. The first-order chi connectivity index (χ1) is 13.9. The molecule has 0 aliphatic carbocycles. The Morgan fingerprint density at radius 2 is 1.86 bits per heavy atom. The zero-order chi connectivity index (χ0) is 21.0. The summed E-state index contributed by atoms with van der Waals surface area (Å²) in [4.78, 5) is 28.8. The lowest BCUT2D eigenvalue weighted by atomic mass is 10.0. The second kappa shape index (κ2) is 9.09. The van der Waals surface area contributed by atoms with E-state index in [1.807, 2.05) is 30.1 Å². The highest BCUT2D eigenvalue weighted by Gasteiger charge is 2.33. The molecule has 2 amide bonds. The number of benzene rings is 2. The van der Waals surface area contributed by atoms with Crippen LogP contribution in [0.25, 0.3) is 0 Å². The molecule has 1 heterocycles. The van der Waals surface area contributed by atoms with E-state index in [0.29, 0.717) is 23.9 Å². The number of para-hydroxylation sites is 2. The van der Waals surface area contributed by atoms with E-state index in [-0.39, 0.29) is 24.9 Å². The Bertz CT molecular complexity index is 864. The van der Waals surface area contributed by atoms with Crippen molar-refractivity contribution in [1.82, 2.24) is 10.2 Å². The fourth-order valence-electron chi connectivity index (χ4n) is 3.46. The quantitative estimate of drug-likeness (QED) is 0.817. The molecule has 2 aromatic rings. The maximum atomic E-state index is 13.1. The normalized spacial score (nSPS) is 15.8. The summed E-state index contributed by atoms with van der Waals surface area (Å²) in [5.41, 5.74) is 3.17. The Morgan fingerprint density at radius 3 is 2.52 bits per heavy atom. The van der Waals surface area contributed by atoms with Crippen molar-refractivity contribution < 1.29 is 14.3 Å². The molecule has 1 aliphatic heterocycles. The van der Waals surface area contributed by atoms with Gasteiger partial charge in [0.1, 0.15) is 5.75 Å². The van der Waals surface area contributed by atoms with Crippen LogP contribution in [0.3, 0.4) is 0 Å². The largest absolute Gasteiger partial charge is 0.477 e. The number of carbonyl (C=O) groups is 2. The van der Waals surface area contributed by atoms with E-state index in [1.165, 1.54) is 5.56 Å². The molecule has 0 bridgehead atoms. The van der Waals surface area contributed by atoms with E-state index >= 15 is 0 Å². The summed E-state index contributed by atoms with van der Waals surface area (Å²) in [5, 5.41) is 2.60. The van der Waals surface area contributed by atoms with Crippen molar-refractivity contribution in [2.24, 2.45) is 0 Å². The van der Waals surface area contributed by atoms with E-state index in [9.17, 15) is 9.59 Å². The van der Waals surface area contributed by atoms with Gasteiger partial charge in [0.05, 0.1) is 18.8 Å². The Hall–Kier alpha value is -2.86. The van der Waals surface area contributed by atoms with Crippen molar-refractivity contribution in [3.63, 3.8) is 0 Å². The van der Waals surface area contributed by atoms with Crippen LogP contribution in [0.2, 0.25) is 0 Å². The van der Waals surface area contributed by atoms with Gasteiger partial charge >= 0.3 is 0 Å². The molecule has 0 saturated heterocycles. The number of nitrogens with zero attached hydrogens (tertiary/aromatic N) is 2. The Labute approximate surface area is 172 Å². The summed E-state index contributed by atoms with van der Waals surface area (Å²) >= 11 is 0. The molecule has 0 fully saturated rings. The van der Waals surface area contributed by atoms with Crippen molar-refractivity contribution in [2.75, 3.05) is 32.1 Å². The molecule has 2 aromatic carbocycles. The van der Waals surface area contributed by atoms with Gasteiger partial charge in [0.2, 0.25) is 5.91 Å². The molecular weight excluding hydrogens is 366 g/mol. The molecule has 0 spiro atoms. The van der Waals surface area contributed by atoms with Crippen molar-refractivity contribution in [3.05, 3.63) is 59.7 Å². The SMILES string of the molecule is CNC(=O)C1CN(C(=O)CN(C)Cc2ccc(C(C)C)cc2)c2ccccc2O1. The van der Waals surface area contributed by atoms with Gasteiger partial charge in [0, 0.05) is 13.6 Å². The molecule has 6 heteroatoms. The van der Waals surface area contributed by atoms with Gasteiger partial charge in [-0.25, -0.2) is 0 Å². The number of hydrogen-bond acceptors (Lipinski definition) is 4. The molecule has 1 N–H and O–H groups in total. The summed E-state index contributed by atoms with van der Waals surface area (Å²) in [6.07, 6.45) is -0.715. The zero-order valence-corrected chi connectivity index (χ0v) is 17.5. The van der Waals surface area contributed by atoms with Crippen LogP contribution in [0, 0.1) is 0 Å². The molecule has 29 heavy (non-hydrogen) atoms. The molecule has 3 rings (SSSR count). The minimum absolute atomic E-state index is 0.0593. The first-order valence-corrected chi connectivity index (χ1v) is 9.94. The number of ether oxygens (including phenoxy) is 1. The summed E-state index contributed by atoms with van der Waals surface area (Å²) in [7, 11) is 3.49. The number of nitrogens with one attached hydrogen (secondary N) is 1. The fourth-order valence-corrected chi connectivity index (χ4v) is 3.46. The van der Waals surface area contributed by atoms with Crippen molar-refractivity contribution in [2.45, 2.75) is 32.4 Å². The highest BCUT2D eigenvalue weighted by atomic mass is 16.5. The monoisotopic (exact) mass is 395 g/mol. The van der Waals surface area contributed by atoms with Crippen LogP contribution in [0.15, 0.2) is 48.5 Å². The number of rotatable bonds is 6. The van der Waals surface area contributed by atoms with Gasteiger partial charge in [-0.2, -0.15) is 0 Å². The fraction of sp³-hybridized carbons (Fsp3) is 0.391. The zero-order valence-electron chi connectivity index (χ0n) is 17.5. The average molecular weight is 396 g/mol. The van der Waals surface area contributed by atoms with E-state index in [1.54, 1.807) is 18.0 Å². The minimum atomic E-state index is -0.715. The van der Waals surface area contributed by atoms with Crippen LogP contribution in [-0.4, -0.2) is 50.0 Å². The Balaban J connectivity index is 1.69.